The minimum absolute atomic E-state index is 0. The van der Waals surface area contributed by atoms with Crippen molar-refractivity contribution in [2.45, 2.75) is 13.8 Å². The van der Waals surface area contributed by atoms with Crippen LogP contribution >= 0.6 is 0 Å². The van der Waals surface area contributed by atoms with Gasteiger partial charge in [-0.15, -0.1) is 0 Å². The second kappa shape index (κ2) is 22.4. The van der Waals surface area contributed by atoms with E-state index in [4.69, 9.17) is 19.8 Å². The third kappa shape index (κ3) is 9710. The first-order valence-corrected chi connectivity index (χ1v) is 1.82. The largest absolute Gasteiger partial charge is 2.00 e. The third-order valence-electron chi connectivity index (χ3n) is 0. The molecule has 0 aromatic heterocycles. The van der Waals surface area contributed by atoms with Gasteiger partial charge in [-0.25, -0.2) is 0 Å². The summed E-state index contributed by atoms with van der Waals surface area (Å²) < 4.78 is 0. The summed E-state index contributed by atoms with van der Waals surface area (Å²) in [6.45, 7) is 1.94. The molecular formula is C4H6ClCu2O4. The van der Waals surface area contributed by atoms with E-state index in [1.165, 1.54) is 0 Å². The minimum atomic E-state index is -1.08. The van der Waals surface area contributed by atoms with Crippen LogP contribution in [0.1, 0.15) is 13.8 Å². The third-order valence-corrected chi connectivity index (χ3v) is 0. The molecule has 0 aliphatic carbocycles. The number of rotatable bonds is 0. The van der Waals surface area contributed by atoms with Crippen LogP contribution in [-0.4, -0.2) is 11.9 Å². The molecule has 0 saturated heterocycles. The Morgan fingerprint density at radius 3 is 1.00 bits per heavy atom. The molecule has 0 spiro atoms. The van der Waals surface area contributed by atoms with Gasteiger partial charge in [-0.2, -0.15) is 0 Å². The molecule has 75 valence electrons. The average Bonchev–Trinajstić information content (AvgIpc) is 1.25. The monoisotopic (exact) mass is 279 g/mol. The molecule has 7 heteroatoms. The fraction of sp³-hybridized carbons (Fsp3) is 0.500. The van der Waals surface area contributed by atoms with Crippen molar-refractivity contribution in [1.82, 2.24) is 0 Å². The maximum absolute atomic E-state index is 8.89. The van der Waals surface area contributed by atoms with Gasteiger partial charge < -0.3 is 32.2 Å². The van der Waals surface area contributed by atoms with Crippen molar-refractivity contribution in [2.24, 2.45) is 0 Å². The molecule has 0 N–H and O–H groups in total. The van der Waals surface area contributed by atoms with E-state index < -0.39 is 11.9 Å². The Morgan fingerprint density at radius 2 is 1.00 bits per heavy atom. The van der Waals surface area contributed by atoms with Crippen LogP contribution in [0.2, 0.25) is 0 Å². The Kier molecular flexibility index (Phi) is 61.7. The zero-order valence-corrected chi connectivity index (χ0v) is 8.25. The molecule has 0 atom stereocenters. The van der Waals surface area contributed by atoms with Crippen molar-refractivity contribution in [2.75, 3.05) is 0 Å². The summed E-state index contributed by atoms with van der Waals surface area (Å²) in [6.07, 6.45) is 0. The quantitative estimate of drug-likeness (QED) is 0.415. The SMILES string of the molecule is CC(=O)[O-].CC(=O)[O-].[Cl-].[Cu+2].[Cu+]. The van der Waals surface area contributed by atoms with Crippen LogP contribution in [0.5, 0.6) is 0 Å². The van der Waals surface area contributed by atoms with Gasteiger partial charge in [-0.3, -0.25) is 0 Å². The van der Waals surface area contributed by atoms with Crippen LogP contribution in [0.4, 0.5) is 0 Å². The zero-order chi connectivity index (χ0) is 7.15. The fourth-order valence-corrected chi connectivity index (χ4v) is 0. The Labute approximate surface area is 92.1 Å². The fourth-order valence-electron chi connectivity index (χ4n) is 0. The summed E-state index contributed by atoms with van der Waals surface area (Å²) in [4.78, 5) is 17.8. The predicted octanol–water partition coefficient (Wildman–Crippen LogP) is -5.49. The summed E-state index contributed by atoms with van der Waals surface area (Å²) in [5, 5.41) is 17.8. The van der Waals surface area contributed by atoms with E-state index in [1.54, 1.807) is 0 Å². The predicted molar refractivity (Wildman–Crippen MR) is 21.4 cm³/mol. The standard InChI is InChI=1S/2C2H4O2.ClH.2Cu/c2*1-2(3)4;;;/h2*1H3,(H,3,4);1H;;/q;;;+1;+2/p-3. The van der Waals surface area contributed by atoms with Crippen LogP contribution in [0.15, 0.2) is 0 Å². The van der Waals surface area contributed by atoms with E-state index in [0.717, 1.165) is 13.8 Å². The summed E-state index contributed by atoms with van der Waals surface area (Å²) in [6, 6.07) is 0. The number of halogens is 1. The van der Waals surface area contributed by atoms with Crippen molar-refractivity contribution in [3.8, 4) is 0 Å². The van der Waals surface area contributed by atoms with Crippen molar-refractivity contribution >= 4 is 11.9 Å². The Balaban J connectivity index is -0.0000000171. The number of carbonyl (C=O) groups is 2. The Hall–Kier alpha value is 0.269. The maximum Gasteiger partial charge on any atom is 2.00 e. The van der Waals surface area contributed by atoms with Crippen molar-refractivity contribution in [3.63, 3.8) is 0 Å². The number of carbonyl (C=O) groups excluding carboxylic acids is 2. The summed E-state index contributed by atoms with van der Waals surface area (Å²) in [5.74, 6) is -2.17. The van der Waals surface area contributed by atoms with E-state index >= 15 is 0 Å². The van der Waals surface area contributed by atoms with Crippen LogP contribution in [-0.2, 0) is 43.7 Å². The molecule has 4 nitrogen and oxygen atoms in total. The molecule has 1 radical (unpaired) electrons. The second-order valence-electron chi connectivity index (χ2n) is 0.983. The first-order chi connectivity index (χ1) is 3.46. The first kappa shape index (κ1) is 30.2. The molecule has 0 aliphatic rings. The normalized spacial score (nSPS) is 4.55. The van der Waals surface area contributed by atoms with Gasteiger partial charge in [0, 0.05) is 11.9 Å². The van der Waals surface area contributed by atoms with Gasteiger partial charge in [0.1, 0.15) is 0 Å². The van der Waals surface area contributed by atoms with E-state index in [1.807, 2.05) is 0 Å². The molecule has 0 aliphatic heterocycles. The zero-order valence-electron chi connectivity index (χ0n) is 5.61. The van der Waals surface area contributed by atoms with E-state index in [-0.39, 0.29) is 46.5 Å². The summed E-state index contributed by atoms with van der Waals surface area (Å²) in [5.41, 5.74) is 0. The van der Waals surface area contributed by atoms with Gasteiger partial charge in [0.15, 0.2) is 0 Å². The van der Waals surface area contributed by atoms with Crippen LogP contribution < -0.4 is 22.6 Å². The van der Waals surface area contributed by atoms with Gasteiger partial charge >= 0.3 is 34.1 Å². The molecule has 0 aromatic rings. The molecule has 0 rings (SSSR count). The van der Waals surface area contributed by atoms with E-state index in [2.05, 4.69) is 0 Å². The number of hydrogen-bond acceptors (Lipinski definition) is 4. The number of carboxylic acid groups (broad SMARTS) is 2. The van der Waals surface area contributed by atoms with Crippen LogP contribution in [0.3, 0.4) is 0 Å². The molecule has 0 unspecified atom stereocenters. The van der Waals surface area contributed by atoms with E-state index in [0.29, 0.717) is 0 Å². The van der Waals surface area contributed by atoms with E-state index in [9.17, 15) is 0 Å². The van der Waals surface area contributed by atoms with Gasteiger partial charge in [0.25, 0.3) is 0 Å². The molecule has 0 aromatic carbocycles. The van der Waals surface area contributed by atoms with Crippen LogP contribution in [0, 0.1) is 0 Å². The van der Waals surface area contributed by atoms with Gasteiger partial charge in [0.05, 0.1) is 0 Å². The number of aliphatic carboxylic acids is 2. The molecular weight excluding hydrogens is 275 g/mol. The van der Waals surface area contributed by atoms with Gasteiger partial charge in [0.2, 0.25) is 0 Å². The Morgan fingerprint density at radius 1 is 1.00 bits per heavy atom. The van der Waals surface area contributed by atoms with Gasteiger partial charge in [-0.1, -0.05) is 0 Å². The van der Waals surface area contributed by atoms with Crippen molar-refractivity contribution in [3.05, 3.63) is 0 Å². The number of carboxylic acids is 2. The van der Waals surface area contributed by atoms with Crippen molar-refractivity contribution < 1.29 is 66.3 Å². The number of hydrogen-bond donors (Lipinski definition) is 0. The molecule has 11 heavy (non-hydrogen) atoms. The summed E-state index contributed by atoms with van der Waals surface area (Å²) >= 11 is 0. The second-order valence-corrected chi connectivity index (χ2v) is 0.983. The molecule has 0 heterocycles. The Bertz CT molecular complexity index is 78.1. The average molecular weight is 281 g/mol. The summed E-state index contributed by atoms with van der Waals surface area (Å²) in [7, 11) is 0. The smallest absolute Gasteiger partial charge is 1.00 e. The topological polar surface area (TPSA) is 80.3 Å². The van der Waals surface area contributed by atoms with Gasteiger partial charge in [-0.05, 0) is 13.8 Å². The molecule has 0 saturated carbocycles. The minimum Gasteiger partial charge on any atom is -1.00 e. The maximum atomic E-state index is 8.89. The van der Waals surface area contributed by atoms with Crippen molar-refractivity contribution in [1.29, 1.82) is 0 Å². The van der Waals surface area contributed by atoms with Crippen LogP contribution in [0.25, 0.3) is 0 Å². The molecule has 0 amide bonds. The first-order valence-electron chi connectivity index (χ1n) is 1.82. The molecule has 0 bridgehead atoms. The molecule has 0 fully saturated rings.